The summed E-state index contributed by atoms with van der Waals surface area (Å²) in [6.45, 7) is 0. The normalized spacial score (nSPS) is 10.2. The summed E-state index contributed by atoms with van der Waals surface area (Å²) in [6, 6.07) is 4.70. The molecule has 0 saturated heterocycles. The Morgan fingerprint density at radius 2 is 2.00 bits per heavy atom. The predicted octanol–water partition coefficient (Wildman–Crippen LogP) is 1.90. The predicted molar refractivity (Wildman–Crippen MR) is 68.7 cm³/mol. The Hall–Kier alpha value is -2.74. The van der Waals surface area contributed by atoms with Crippen LogP contribution in [-0.2, 0) is 7.05 Å². The van der Waals surface area contributed by atoms with Gasteiger partial charge in [0, 0.05) is 13.2 Å². The van der Waals surface area contributed by atoms with Crippen molar-refractivity contribution in [3.05, 3.63) is 53.9 Å². The fourth-order valence-corrected chi connectivity index (χ4v) is 1.79. The van der Waals surface area contributed by atoms with Crippen molar-refractivity contribution in [2.75, 3.05) is 0 Å². The Balaban J connectivity index is 2.07. The molecule has 0 unspecified atom stereocenters. The van der Waals surface area contributed by atoms with Crippen LogP contribution >= 0.6 is 0 Å². The van der Waals surface area contributed by atoms with E-state index in [-0.39, 0.29) is 5.82 Å². The van der Waals surface area contributed by atoms with Crippen LogP contribution in [0.1, 0.15) is 11.3 Å². The van der Waals surface area contributed by atoms with Crippen molar-refractivity contribution in [3.63, 3.8) is 0 Å². The molecule has 0 aromatic carbocycles. The van der Waals surface area contributed by atoms with E-state index in [2.05, 4.69) is 26.9 Å². The first-order valence-corrected chi connectivity index (χ1v) is 5.64. The molecule has 0 spiro atoms. The molecule has 3 aromatic rings. The molecule has 0 aliphatic heterocycles. The van der Waals surface area contributed by atoms with Crippen LogP contribution in [0.3, 0.4) is 0 Å². The van der Waals surface area contributed by atoms with Crippen molar-refractivity contribution in [3.8, 4) is 11.8 Å². The first-order chi connectivity index (χ1) is 9.24. The topological polar surface area (TPSA) is 43.6 Å². The van der Waals surface area contributed by atoms with Gasteiger partial charge in [0.25, 0.3) is 0 Å². The largest absolute Gasteiger partial charge is 0.265 e. The van der Waals surface area contributed by atoms with Gasteiger partial charge in [0.1, 0.15) is 22.5 Å². The van der Waals surface area contributed by atoms with E-state index in [1.807, 2.05) is 13.1 Å². The van der Waals surface area contributed by atoms with Gasteiger partial charge in [0.05, 0.1) is 18.0 Å². The van der Waals surface area contributed by atoms with Gasteiger partial charge in [0.2, 0.25) is 0 Å². The van der Waals surface area contributed by atoms with Gasteiger partial charge in [-0.05, 0) is 24.1 Å². The summed E-state index contributed by atoms with van der Waals surface area (Å²) in [6.07, 6.45) is 4.53. The Bertz CT molecular complexity index is 794. The van der Waals surface area contributed by atoms with Crippen LogP contribution < -0.4 is 0 Å². The second kappa shape index (κ2) is 4.50. The fourth-order valence-electron chi connectivity index (χ4n) is 1.79. The number of rotatable bonds is 0. The number of halogens is 1. The van der Waals surface area contributed by atoms with Gasteiger partial charge in [-0.25, -0.2) is 9.37 Å². The molecule has 0 N–H and O–H groups in total. The van der Waals surface area contributed by atoms with E-state index in [0.29, 0.717) is 5.69 Å². The molecule has 0 saturated carbocycles. The highest BCUT2D eigenvalue weighted by Gasteiger charge is 2.04. The maximum absolute atomic E-state index is 12.7. The van der Waals surface area contributed by atoms with E-state index in [1.165, 1.54) is 6.07 Å². The summed E-state index contributed by atoms with van der Waals surface area (Å²) in [4.78, 5) is 8.11. The smallest absolute Gasteiger partial charge is 0.141 e. The molecule has 5 heteroatoms. The van der Waals surface area contributed by atoms with Crippen LogP contribution in [0.2, 0.25) is 0 Å². The van der Waals surface area contributed by atoms with Gasteiger partial charge in [0.15, 0.2) is 0 Å². The van der Waals surface area contributed by atoms with Gasteiger partial charge in [-0.1, -0.05) is 5.92 Å². The third-order valence-corrected chi connectivity index (χ3v) is 2.68. The zero-order chi connectivity index (χ0) is 13.2. The number of aromatic nitrogens is 4. The maximum Gasteiger partial charge on any atom is 0.141 e. The minimum atomic E-state index is -0.372. The molecule has 0 bridgehead atoms. The molecular weight excluding hydrogens is 243 g/mol. The van der Waals surface area contributed by atoms with Crippen LogP contribution in [0.4, 0.5) is 4.39 Å². The Kier molecular flexibility index (Phi) is 2.69. The maximum atomic E-state index is 12.7. The van der Waals surface area contributed by atoms with Crippen molar-refractivity contribution >= 4 is 11.0 Å². The highest BCUT2D eigenvalue weighted by molar-refractivity contribution is 5.80. The summed E-state index contributed by atoms with van der Waals surface area (Å²) in [7, 11) is 1.84. The fraction of sp³-hybridized carbons (Fsp3) is 0.0714. The first kappa shape index (κ1) is 11.4. The molecular formula is C14H9FN4. The van der Waals surface area contributed by atoms with Gasteiger partial charge in [-0.3, -0.25) is 9.67 Å². The molecule has 3 rings (SSSR count). The van der Waals surface area contributed by atoms with Crippen LogP contribution in [0, 0.1) is 17.7 Å². The monoisotopic (exact) mass is 252 g/mol. The lowest BCUT2D eigenvalue weighted by Crippen LogP contribution is -1.92. The Morgan fingerprint density at radius 1 is 1.11 bits per heavy atom. The standard InChI is InChI=1S/C14H9FN4/c1-19-14-10(6-7-16-13(14)9-18-19)2-4-12-5-3-11(15)8-17-12/h3,5-9H,1H3. The number of nitrogens with zero attached hydrogens (tertiary/aromatic N) is 4. The number of fused-ring (bicyclic) bond motifs is 1. The summed E-state index contributed by atoms with van der Waals surface area (Å²) in [5.41, 5.74) is 3.00. The second-order valence-corrected chi connectivity index (χ2v) is 3.97. The van der Waals surface area contributed by atoms with Crippen LogP contribution in [-0.4, -0.2) is 19.7 Å². The minimum Gasteiger partial charge on any atom is -0.265 e. The van der Waals surface area contributed by atoms with Crippen molar-refractivity contribution < 1.29 is 4.39 Å². The number of pyridine rings is 2. The summed E-state index contributed by atoms with van der Waals surface area (Å²) >= 11 is 0. The quantitative estimate of drug-likeness (QED) is 0.574. The Labute approximate surface area is 108 Å². The summed E-state index contributed by atoms with van der Waals surface area (Å²) < 4.78 is 14.5. The van der Waals surface area contributed by atoms with E-state index >= 15 is 0 Å². The van der Waals surface area contributed by atoms with Crippen molar-refractivity contribution in [2.24, 2.45) is 7.05 Å². The molecule has 19 heavy (non-hydrogen) atoms. The van der Waals surface area contributed by atoms with E-state index in [0.717, 1.165) is 22.8 Å². The minimum absolute atomic E-state index is 0.372. The van der Waals surface area contributed by atoms with E-state index in [4.69, 9.17) is 0 Å². The lowest BCUT2D eigenvalue weighted by atomic mass is 10.2. The van der Waals surface area contributed by atoms with Crippen molar-refractivity contribution in [1.29, 1.82) is 0 Å². The van der Waals surface area contributed by atoms with E-state index in [9.17, 15) is 4.39 Å². The highest BCUT2D eigenvalue weighted by Crippen LogP contribution is 2.14. The van der Waals surface area contributed by atoms with E-state index < -0.39 is 0 Å². The average Bonchev–Trinajstić information content (AvgIpc) is 2.81. The highest BCUT2D eigenvalue weighted by atomic mass is 19.1. The zero-order valence-electron chi connectivity index (χ0n) is 10.1. The Morgan fingerprint density at radius 3 is 2.79 bits per heavy atom. The van der Waals surface area contributed by atoms with E-state index in [1.54, 1.807) is 23.1 Å². The molecule has 92 valence electrons. The van der Waals surface area contributed by atoms with Crippen molar-refractivity contribution in [1.82, 2.24) is 19.7 Å². The van der Waals surface area contributed by atoms with Crippen LogP contribution in [0.15, 0.2) is 36.8 Å². The lowest BCUT2D eigenvalue weighted by molar-refractivity contribution is 0.621. The molecule has 0 atom stereocenters. The van der Waals surface area contributed by atoms with Gasteiger partial charge < -0.3 is 0 Å². The number of hydrogen-bond donors (Lipinski definition) is 0. The summed E-state index contributed by atoms with van der Waals surface area (Å²) in [5, 5.41) is 4.14. The average molecular weight is 252 g/mol. The van der Waals surface area contributed by atoms with Crippen LogP contribution in [0.5, 0.6) is 0 Å². The van der Waals surface area contributed by atoms with Gasteiger partial charge in [-0.15, -0.1) is 0 Å². The van der Waals surface area contributed by atoms with Crippen molar-refractivity contribution in [2.45, 2.75) is 0 Å². The molecule has 3 heterocycles. The first-order valence-electron chi connectivity index (χ1n) is 5.64. The third-order valence-electron chi connectivity index (χ3n) is 2.68. The molecule has 0 aliphatic carbocycles. The molecule has 4 nitrogen and oxygen atoms in total. The molecule has 0 radical (unpaired) electrons. The lowest BCUT2D eigenvalue weighted by Gasteiger charge is -1.96. The zero-order valence-corrected chi connectivity index (χ0v) is 10.1. The van der Waals surface area contributed by atoms with Gasteiger partial charge in [-0.2, -0.15) is 5.10 Å². The second-order valence-electron chi connectivity index (χ2n) is 3.97. The molecule has 0 amide bonds. The number of hydrogen-bond acceptors (Lipinski definition) is 3. The number of aryl methyl sites for hydroxylation is 1. The SMILES string of the molecule is Cn1ncc2nccc(C#Cc3ccc(F)cn3)c21. The molecule has 0 aliphatic rings. The third kappa shape index (κ3) is 2.16. The van der Waals surface area contributed by atoms with Crippen LogP contribution in [0.25, 0.3) is 11.0 Å². The summed E-state index contributed by atoms with van der Waals surface area (Å²) in [5.74, 6) is 5.54. The molecule has 3 aromatic heterocycles. The molecule has 0 fully saturated rings. The van der Waals surface area contributed by atoms with Gasteiger partial charge >= 0.3 is 0 Å².